The maximum Gasteiger partial charge on any atom is 0.245 e. The van der Waals surface area contributed by atoms with Gasteiger partial charge < -0.3 is 14.2 Å². The number of methoxy groups -OCH3 is 2. The van der Waals surface area contributed by atoms with Crippen LogP contribution in [0.1, 0.15) is 35.4 Å². The van der Waals surface area contributed by atoms with Crippen LogP contribution in [0.25, 0.3) is 21.6 Å². The molecule has 2 aromatic carbocycles. The number of benzene rings is 2. The van der Waals surface area contributed by atoms with Gasteiger partial charge in [-0.3, -0.25) is 0 Å². The van der Waals surface area contributed by atoms with Gasteiger partial charge in [0.25, 0.3) is 0 Å². The first-order chi connectivity index (χ1) is 20.5. The number of ether oxygens (including phenoxy) is 3. The van der Waals surface area contributed by atoms with Gasteiger partial charge in [-0.25, -0.2) is 8.80 Å². The Morgan fingerprint density at radius 2 is 1.45 bits per heavy atom. The number of hydrogen-bond acceptors (Lipinski definition) is 10. The Morgan fingerprint density at radius 3 is 2.05 bits per heavy atom. The van der Waals surface area contributed by atoms with Crippen LogP contribution in [-0.4, -0.2) is 49.5 Å². The van der Waals surface area contributed by atoms with E-state index in [-0.39, 0.29) is 6.10 Å². The Labute approximate surface area is 255 Å². The summed E-state index contributed by atoms with van der Waals surface area (Å²) < 4.78 is 21.2. The van der Waals surface area contributed by atoms with E-state index in [9.17, 15) is 0 Å². The van der Waals surface area contributed by atoms with Crippen molar-refractivity contribution in [2.75, 3.05) is 14.2 Å². The van der Waals surface area contributed by atoms with Crippen molar-refractivity contribution in [1.29, 1.82) is 0 Å². The summed E-state index contributed by atoms with van der Waals surface area (Å²) in [6, 6.07) is 16.3. The van der Waals surface area contributed by atoms with Crippen LogP contribution in [0.2, 0.25) is 0 Å². The maximum atomic E-state index is 6.26. The van der Waals surface area contributed by atoms with Gasteiger partial charge in [0.2, 0.25) is 5.78 Å². The molecule has 6 aromatic rings. The number of thioether (sulfide) groups is 2. The zero-order valence-electron chi connectivity index (χ0n) is 23.7. The molecule has 1 aliphatic heterocycles. The summed E-state index contributed by atoms with van der Waals surface area (Å²) >= 11 is 5.07. The highest BCUT2D eigenvalue weighted by Gasteiger charge is 2.30. The zero-order chi connectivity index (χ0) is 28.8. The maximum absolute atomic E-state index is 6.26. The molecule has 0 amide bonds. The van der Waals surface area contributed by atoms with Crippen LogP contribution in [-0.2, 0) is 29.3 Å². The number of hydrogen-bond donors (Lipinski definition) is 0. The molecule has 42 heavy (non-hydrogen) atoms. The fourth-order valence-electron chi connectivity index (χ4n) is 5.21. The summed E-state index contributed by atoms with van der Waals surface area (Å²) in [6.45, 7) is 5.04. The van der Waals surface area contributed by atoms with E-state index < -0.39 is 0 Å². The van der Waals surface area contributed by atoms with Gasteiger partial charge in [-0.15, -0.1) is 31.7 Å². The van der Waals surface area contributed by atoms with Crippen molar-refractivity contribution in [1.82, 2.24) is 29.2 Å². The number of thiophene rings is 1. The molecule has 7 rings (SSSR count). The van der Waals surface area contributed by atoms with Gasteiger partial charge in [0.05, 0.1) is 32.3 Å². The van der Waals surface area contributed by atoms with Gasteiger partial charge in [0.1, 0.15) is 16.3 Å². The predicted molar refractivity (Wildman–Crippen MR) is 167 cm³/mol. The molecule has 1 unspecified atom stereocenters. The number of nitrogens with zero attached hydrogens (tertiary/aromatic N) is 6. The lowest BCUT2D eigenvalue weighted by Gasteiger charge is -2.26. The van der Waals surface area contributed by atoms with Gasteiger partial charge in [-0.05, 0) is 46.9 Å². The summed E-state index contributed by atoms with van der Waals surface area (Å²) in [5, 5.41) is 21.6. The van der Waals surface area contributed by atoms with Crippen molar-refractivity contribution in [2.45, 2.75) is 54.8 Å². The predicted octanol–water partition coefficient (Wildman–Crippen LogP) is 6.69. The third kappa shape index (κ3) is 4.89. The monoisotopic (exact) mass is 618 g/mol. The van der Waals surface area contributed by atoms with Crippen LogP contribution in [0.5, 0.6) is 11.5 Å². The van der Waals surface area contributed by atoms with E-state index in [0.29, 0.717) is 12.5 Å². The highest BCUT2D eigenvalue weighted by Crippen LogP contribution is 2.41. The van der Waals surface area contributed by atoms with Gasteiger partial charge in [0.15, 0.2) is 16.0 Å². The molecule has 216 valence electrons. The topological polar surface area (TPSA) is 88.1 Å². The minimum Gasteiger partial charge on any atom is -0.497 e. The average Bonchev–Trinajstić information content (AvgIpc) is 3.74. The summed E-state index contributed by atoms with van der Waals surface area (Å²) in [7, 11) is 3.36. The summed E-state index contributed by atoms with van der Waals surface area (Å²) in [5.74, 6) is 4.33. The minimum absolute atomic E-state index is 0.169. The molecule has 0 N–H and O–H groups in total. The van der Waals surface area contributed by atoms with E-state index in [1.165, 1.54) is 21.6 Å². The molecule has 0 saturated carbocycles. The molecular weight excluding hydrogens is 589 g/mol. The molecule has 0 bridgehead atoms. The van der Waals surface area contributed by atoms with E-state index in [1.54, 1.807) is 49.1 Å². The normalized spacial score (nSPS) is 15.2. The fraction of sp³-hybridized carbons (Fsp3) is 0.333. The first-order valence-electron chi connectivity index (χ1n) is 13.7. The van der Waals surface area contributed by atoms with Crippen LogP contribution in [0.15, 0.2) is 58.8 Å². The molecule has 12 heteroatoms. The van der Waals surface area contributed by atoms with Crippen molar-refractivity contribution in [3.63, 3.8) is 0 Å². The second kappa shape index (κ2) is 11.4. The lowest BCUT2D eigenvalue weighted by molar-refractivity contribution is 0.00203. The van der Waals surface area contributed by atoms with Crippen LogP contribution >= 0.6 is 34.9 Å². The van der Waals surface area contributed by atoms with Gasteiger partial charge in [-0.1, -0.05) is 61.6 Å². The first kappa shape index (κ1) is 27.5. The molecular formula is C30H30N6O3S3. The van der Waals surface area contributed by atoms with Crippen molar-refractivity contribution < 1.29 is 14.2 Å². The molecule has 0 fully saturated rings. The third-order valence-corrected chi connectivity index (χ3v) is 10.8. The molecule has 4 aromatic heterocycles. The Morgan fingerprint density at radius 1 is 0.857 bits per heavy atom. The Balaban J connectivity index is 1.33. The summed E-state index contributed by atoms with van der Waals surface area (Å²) in [5.41, 5.74) is 4.51. The van der Waals surface area contributed by atoms with Crippen molar-refractivity contribution in [2.24, 2.45) is 5.92 Å². The average molecular weight is 619 g/mol. The minimum atomic E-state index is 0.169. The van der Waals surface area contributed by atoms with E-state index in [0.717, 1.165) is 61.4 Å². The second-order valence-corrected chi connectivity index (χ2v) is 13.5. The Kier molecular flexibility index (Phi) is 7.47. The SMILES string of the molecule is COc1ccc(CSc2nnc3c4c5c(sc4n4c(SCc6ccc(OC)cc6)nnc4n23)COC(C(C)C)C5)cc1. The molecule has 1 aliphatic rings. The Bertz CT molecular complexity index is 1880. The lowest BCUT2D eigenvalue weighted by atomic mass is 9.96. The lowest BCUT2D eigenvalue weighted by Crippen LogP contribution is -2.26. The molecule has 1 atom stereocenters. The highest BCUT2D eigenvalue weighted by molar-refractivity contribution is 7.98. The molecule has 5 heterocycles. The first-order valence-corrected chi connectivity index (χ1v) is 16.5. The van der Waals surface area contributed by atoms with Crippen molar-refractivity contribution in [3.05, 3.63) is 70.1 Å². The van der Waals surface area contributed by atoms with Crippen LogP contribution in [0, 0.1) is 5.92 Å². The second-order valence-electron chi connectivity index (χ2n) is 10.5. The smallest absolute Gasteiger partial charge is 0.245 e. The molecule has 0 aliphatic carbocycles. The quantitative estimate of drug-likeness (QED) is 0.165. The van der Waals surface area contributed by atoms with E-state index >= 15 is 0 Å². The van der Waals surface area contributed by atoms with Crippen LogP contribution in [0.4, 0.5) is 0 Å². The third-order valence-electron chi connectivity index (χ3n) is 7.58. The van der Waals surface area contributed by atoms with E-state index in [1.807, 2.05) is 24.3 Å². The van der Waals surface area contributed by atoms with E-state index in [4.69, 9.17) is 24.4 Å². The van der Waals surface area contributed by atoms with Crippen molar-refractivity contribution in [3.8, 4) is 11.5 Å². The Hall–Kier alpha value is -3.32. The van der Waals surface area contributed by atoms with Crippen molar-refractivity contribution >= 4 is 56.5 Å². The molecule has 0 saturated heterocycles. The summed E-state index contributed by atoms with van der Waals surface area (Å²) in [6.07, 6.45) is 1.02. The zero-order valence-corrected chi connectivity index (χ0v) is 26.2. The van der Waals surface area contributed by atoms with E-state index in [2.05, 4.69) is 57.1 Å². The molecule has 0 spiro atoms. The van der Waals surface area contributed by atoms with Gasteiger partial charge in [-0.2, -0.15) is 0 Å². The summed E-state index contributed by atoms with van der Waals surface area (Å²) in [4.78, 5) is 2.34. The van der Waals surface area contributed by atoms with Gasteiger partial charge >= 0.3 is 0 Å². The number of aromatic nitrogens is 6. The standard InChI is InChI=1S/C30H30N6O3S3/c1-17(2)23-13-22-24(14-39-23)42-27-25(22)26-31-33-29(40-15-18-5-9-20(37-3)10-6-18)35(26)28-32-34-30(36(27)28)41-16-19-7-11-21(38-4)12-8-19/h5-12,17,23H,13-16H2,1-4H3. The van der Waals surface area contributed by atoms with Gasteiger partial charge in [0, 0.05) is 22.8 Å². The fourth-order valence-corrected chi connectivity index (χ4v) is 8.29. The number of rotatable bonds is 9. The van der Waals surface area contributed by atoms with Crippen LogP contribution in [0.3, 0.4) is 0 Å². The highest BCUT2D eigenvalue weighted by atomic mass is 32.2. The largest absolute Gasteiger partial charge is 0.497 e. The molecule has 0 radical (unpaired) electrons. The molecule has 9 nitrogen and oxygen atoms in total. The van der Waals surface area contributed by atoms with Crippen LogP contribution < -0.4 is 9.47 Å². The number of fused-ring (bicyclic) bond motifs is 8.